The Morgan fingerprint density at radius 3 is 2.80 bits per heavy atom. The molecule has 0 radical (unpaired) electrons. The minimum atomic E-state index is 0.00476. The van der Waals surface area contributed by atoms with Crippen molar-refractivity contribution < 1.29 is 10.2 Å². The lowest BCUT2D eigenvalue weighted by molar-refractivity contribution is 0.175. The molecule has 1 aromatic heterocycles. The quantitative estimate of drug-likeness (QED) is 0.191. The van der Waals surface area contributed by atoms with Gasteiger partial charge in [0.1, 0.15) is 0 Å². The molecule has 1 aliphatic rings. The molecular weight excluding hydrogens is 456 g/mol. The summed E-state index contributed by atoms with van der Waals surface area (Å²) in [7, 11) is 0. The smallest absolute Gasteiger partial charge is 0.181 e. The van der Waals surface area contributed by atoms with E-state index >= 15 is 0 Å². The van der Waals surface area contributed by atoms with Crippen LogP contribution >= 0.6 is 11.3 Å². The molecule has 35 heavy (non-hydrogen) atoms. The highest BCUT2D eigenvalue weighted by atomic mass is 32.1. The molecule has 0 spiro atoms. The molecule has 5 N–H and O–H groups in total. The number of benzene rings is 2. The van der Waals surface area contributed by atoms with E-state index in [0.717, 1.165) is 69.4 Å². The molecule has 6 nitrogen and oxygen atoms in total. The molecular formula is C28H40N4O2S. The van der Waals surface area contributed by atoms with Gasteiger partial charge in [0.25, 0.3) is 0 Å². The summed E-state index contributed by atoms with van der Waals surface area (Å²) in [6, 6.07) is 10.6. The van der Waals surface area contributed by atoms with Gasteiger partial charge in [0.15, 0.2) is 16.6 Å². The molecule has 0 saturated heterocycles. The monoisotopic (exact) mass is 496 g/mol. The first-order valence-corrected chi connectivity index (χ1v) is 14.0. The van der Waals surface area contributed by atoms with E-state index in [1.807, 2.05) is 6.07 Å². The Kier molecular flexibility index (Phi) is 9.24. The third-order valence-corrected chi connectivity index (χ3v) is 8.02. The van der Waals surface area contributed by atoms with Crippen molar-refractivity contribution >= 4 is 26.7 Å². The number of unbranched alkanes of at least 4 members (excludes halogenated alkanes) is 3. The summed E-state index contributed by atoms with van der Waals surface area (Å²) in [5.74, 6) is 0.0906. The Balaban J connectivity index is 1.10. The average molecular weight is 497 g/mol. The topological polar surface area (TPSA) is 94.6 Å². The summed E-state index contributed by atoms with van der Waals surface area (Å²) in [4.78, 5) is 6.97. The van der Waals surface area contributed by atoms with E-state index in [-0.39, 0.29) is 11.5 Å². The van der Waals surface area contributed by atoms with E-state index in [0.29, 0.717) is 11.2 Å². The fourth-order valence-corrected chi connectivity index (χ4v) is 6.10. The number of nitrogen functional groups attached to an aromatic ring is 1. The van der Waals surface area contributed by atoms with Crippen LogP contribution in [0.4, 0.5) is 5.13 Å². The highest BCUT2D eigenvalue weighted by Crippen LogP contribution is 2.36. The number of fused-ring (bicyclic) bond motifs is 2. The zero-order valence-corrected chi connectivity index (χ0v) is 21.7. The normalized spacial score (nSPS) is 15.7. The van der Waals surface area contributed by atoms with Crippen molar-refractivity contribution in [3.63, 3.8) is 0 Å². The van der Waals surface area contributed by atoms with Crippen LogP contribution in [0.2, 0.25) is 0 Å². The SMILES string of the molecule is CCCN(CCCCCCNCCc1ccc2nc(N)sc2c1)[C@H]1CCc2c(ccc(O)c2O)C1. The number of aromatic nitrogens is 1. The second-order valence-electron chi connectivity index (χ2n) is 9.77. The first kappa shape index (κ1) is 25.7. The zero-order valence-electron chi connectivity index (χ0n) is 20.9. The van der Waals surface area contributed by atoms with Gasteiger partial charge in [-0.2, -0.15) is 0 Å². The highest BCUT2D eigenvalue weighted by molar-refractivity contribution is 7.22. The molecule has 0 aliphatic heterocycles. The number of thiazole rings is 1. The summed E-state index contributed by atoms with van der Waals surface area (Å²) < 4.78 is 1.17. The zero-order chi connectivity index (χ0) is 24.6. The second kappa shape index (κ2) is 12.6. The highest BCUT2D eigenvalue weighted by Gasteiger charge is 2.26. The van der Waals surface area contributed by atoms with Gasteiger partial charge >= 0.3 is 0 Å². The van der Waals surface area contributed by atoms with Crippen LogP contribution in [0.15, 0.2) is 30.3 Å². The van der Waals surface area contributed by atoms with Gasteiger partial charge in [-0.15, -0.1) is 0 Å². The molecule has 1 aliphatic carbocycles. The largest absolute Gasteiger partial charge is 0.504 e. The van der Waals surface area contributed by atoms with E-state index in [1.54, 1.807) is 17.4 Å². The molecule has 0 saturated carbocycles. The number of nitrogens with one attached hydrogen (secondary N) is 1. The summed E-state index contributed by atoms with van der Waals surface area (Å²) >= 11 is 1.56. The van der Waals surface area contributed by atoms with Crippen molar-refractivity contribution in [3.8, 4) is 11.5 Å². The number of rotatable bonds is 13. The van der Waals surface area contributed by atoms with Gasteiger partial charge < -0.3 is 26.2 Å². The number of aromatic hydroxyl groups is 2. The summed E-state index contributed by atoms with van der Waals surface area (Å²) in [5, 5.41) is 24.2. The Morgan fingerprint density at radius 2 is 1.94 bits per heavy atom. The van der Waals surface area contributed by atoms with Crippen LogP contribution in [0.1, 0.15) is 62.1 Å². The van der Waals surface area contributed by atoms with Crippen LogP contribution in [0, 0.1) is 0 Å². The first-order valence-electron chi connectivity index (χ1n) is 13.2. The van der Waals surface area contributed by atoms with Crippen molar-refractivity contribution in [1.29, 1.82) is 0 Å². The Hall–Kier alpha value is -2.35. The number of phenolic OH excluding ortho intramolecular Hbond substituents is 2. The fraction of sp³-hybridized carbons (Fsp3) is 0.536. The molecule has 0 bridgehead atoms. The molecule has 1 heterocycles. The molecule has 0 fully saturated rings. The molecule has 190 valence electrons. The van der Waals surface area contributed by atoms with Gasteiger partial charge in [-0.05, 0) is 100 Å². The molecule has 3 aromatic rings. The van der Waals surface area contributed by atoms with Gasteiger partial charge in [0.05, 0.1) is 10.2 Å². The van der Waals surface area contributed by atoms with Crippen LogP contribution < -0.4 is 11.1 Å². The Labute approximate surface area is 213 Å². The molecule has 2 aromatic carbocycles. The average Bonchev–Trinajstić information content (AvgIpc) is 3.23. The fourth-order valence-electron chi connectivity index (χ4n) is 5.30. The maximum atomic E-state index is 10.2. The summed E-state index contributed by atoms with van der Waals surface area (Å²) in [5.41, 5.74) is 10.3. The minimum absolute atomic E-state index is 0.00476. The van der Waals surface area contributed by atoms with Crippen molar-refractivity contribution in [3.05, 3.63) is 47.0 Å². The van der Waals surface area contributed by atoms with E-state index in [1.165, 1.54) is 41.5 Å². The van der Waals surface area contributed by atoms with Gasteiger partial charge in [-0.3, -0.25) is 0 Å². The molecule has 0 unspecified atom stereocenters. The number of hydrogen-bond donors (Lipinski definition) is 4. The van der Waals surface area contributed by atoms with Gasteiger partial charge in [0, 0.05) is 11.6 Å². The lowest BCUT2D eigenvalue weighted by Gasteiger charge is -2.35. The number of nitrogens with two attached hydrogens (primary N) is 1. The molecule has 4 rings (SSSR count). The number of nitrogens with zero attached hydrogens (tertiary/aromatic N) is 2. The number of hydrogen-bond acceptors (Lipinski definition) is 7. The molecule has 0 amide bonds. The maximum absolute atomic E-state index is 10.2. The predicted octanol–water partition coefficient (Wildman–Crippen LogP) is 5.25. The molecule has 1 atom stereocenters. The third kappa shape index (κ3) is 6.87. The lowest BCUT2D eigenvalue weighted by Crippen LogP contribution is -2.40. The number of anilines is 1. The molecule has 7 heteroatoms. The van der Waals surface area contributed by atoms with Gasteiger partial charge in [-0.25, -0.2) is 4.98 Å². The van der Waals surface area contributed by atoms with Crippen molar-refractivity contribution in [1.82, 2.24) is 15.2 Å². The van der Waals surface area contributed by atoms with E-state index in [4.69, 9.17) is 5.73 Å². The second-order valence-corrected chi connectivity index (χ2v) is 10.8. The predicted molar refractivity (Wildman–Crippen MR) is 147 cm³/mol. The maximum Gasteiger partial charge on any atom is 0.181 e. The van der Waals surface area contributed by atoms with Crippen molar-refractivity contribution in [2.24, 2.45) is 0 Å². The van der Waals surface area contributed by atoms with E-state index < -0.39 is 0 Å². The van der Waals surface area contributed by atoms with Crippen molar-refractivity contribution in [2.45, 2.75) is 70.8 Å². The van der Waals surface area contributed by atoms with Crippen LogP contribution in [0.25, 0.3) is 10.2 Å². The Morgan fingerprint density at radius 1 is 1.09 bits per heavy atom. The van der Waals surface area contributed by atoms with E-state index in [2.05, 4.69) is 40.3 Å². The van der Waals surface area contributed by atoms with Gasteiger partial charge in [0.2, 0.25) is 0 Å². The van der Waals surface area contributed by atoms with Crippen LogP contribution in [-0.4, -0.2) is 52.3 Å². The third-order valence-electron chi connectivity index (χ3n) is 7.18. The summed E-state index contributed by atoms with van der Waals surface area (Å²) in [6.07, 6.45) is 10.0. The van der Waals surface area contributed by atoms with Crippen LogP contribution in [-0.2, 0) is 19.3 Å². The van der Waals surface area contributed by atoms with Crippen LogP contribution in [0.5, 0.6) is 11.5 Å². The lowest BCUT2D eigenvalue weighted by atomic mass is 9.86. The first-order chi connectivity index (χ1) is 17.0. The number of phenols is 2. The van der Waals surface area contributed by atoms with Crippen LogP contribution in [0.3, 0.4) is 0 Å². The van der Waals surface area contributed by atoms with Crippen molar-refractivity contribution in [2.75, 3.05) is 31.9 Å². The van der Waals surface area contributed by atoms with E-state index in [9.17, 15) is 10.2 Å². The standard InChI is InChI=1S/C28H40N4O2S/c1-2-16-32(22-9-10-23-21(19-22)8-12-25(33)27(23)34)17-6-4-3-5-14-30-15-13-20-7-11-24-26(18-20)35-28(29)31-24/h7-8,11-12,18,22,30,33-34H,2-6,9-10,13-17,19H2,1H3,(H2,29,31)/t22-/m0/s1. The minimum Gasteiger partial charge on any atom is -0.504 e. The summed E-state index contributed by atoms with van der Waals surface area (Å²) in [6.45, 7) is 6.61. The Bertz CT molecular complexity index is 1100. The van der Waals surface area contributed by atoms with Gasteiger partial charge in [-0.1, -0.05) is 43.2 Å².